The fourth-order valence-electron chi connectivity index (χ4n) is 4.85. The molecular weight excluding hydrogens is 519 g/mol. The molecule has 10 heteroatoms. The van der Waals surface area contributed by atoms with Crippen molar-refractivity contribution in [3.63, 3.8) is 0 Å². The second kappa shape index (κ2) is 9.68. The highest BCUT2D eigenvalue weighted by atomic mass is 35.5. The van der Waals surface area contributed by atoms with Gasteiger partial charge in [-0.3, -0.25) is 0 Å². The number of fused-ring (bicyclic) bond motifs is 1. The fraction of sp³-hybridized carbons (Fsp3) is 0.185. The zero-order chi connectivity index (χ0) is 26.4. The number of aromatic nitrogens is 2. The van der Waals surface area contributed by atoms with Gasteiger partial charge in [-0.1, -0.05) is 41.4 Å². The molecule has 0 saturated carbocycles. The quantitative estimate of drug-likeness (QED) is 0.298. The van der Waals surface area contributed by atoms with Crippen molar-refractivity contribution < 1.29 is 13.6 Å². The van der Waals surface area contributed by atoms with E-state index in [1.54, 1.807) is 16.8 Å². The summed E-state index contributed by atoms with van der Waals surface area (Å²) >= 11 is 12.6. The summed E-state index contributed by atoms with van der Waals surface area (Å²) in [6, 6.07) is 12.1. The predicted molar refractivity (Wildman–Crippen MR) is 143 cm³/mol. The van der Waals surface area contributed by atoms with Crippen molar-refractivity contribution in [2.75, 3.05) is 16.8 Å². The predicted octanol–water partition coefficient (Wildman–Crippen LogP) is 6.79. The molecule has 0 fully saturated rings. The molecule has 0 radical (unpaired) electrons. The number of carbonyl (C=O) groups is 1. The van der Waals surface area contributed by atoms with Gasteiger partial charge in [-0.15, -0.1) is 0 Å². The molecule has 190 valence electrons. The van der Waals surface area contributed by atoms with Gasteiger partial charge in [-0.05, 0) is 49.2 Å². The van der Waals surface area contributed by atoms with E-state index in [9.17, 15) is 4.79 Å². The van der Waals surface area contributed by atoms with E-state index in [1.165, 1.54) is 0 Å². The van der Waals surface area contributed by atoms with E-state index >= 15 is 8.78 Å². The number of hydrogen-bond acceptors (Lipinski definition) is 3. The zero-order valence-corrected chi connectivity index (χ0v) is 21.6. The van der Waals surface area contributed by atoms with E-state index in [0.717, 1.165) is 45.9 Å². The average Bonchev–Trinajstić information content (AvgIpc) is 3.19. The minimum atomic E-state index is -0.987. The van der Waals surface area contributed by atoms with Crippen LogP contribution < -0.4 is 16.0 Å². The maximum Gasteiger partial charge on any atom is 0.316 e. The van der Waals surface area contributed by atoms with Crippen molar-refractivity contribution in [3.8, 4) is 16.9 Å². The van der Waals surface area contributed by atoms with Crippen LogP contribution in [0.5, 0.6) is 0 Å². The van der Waals surface area contributed by atoms with E-state index < -0.39 is 17.7 Å². The summed E-state index contributed by atoms with van der Waals surface area (Å²) in [5.41, 5.74) is 10.2. The number of anilines is 2. The van der Waals surface area contributed by atoms with Gasteiger partial charge in [0.05, 0.1) is 33.5 Å². The first-order valence-electron chi connectivity index (χ1n) is 11.6. The summed E-state index contributed by atoms with van der Waals surface area (Å²) in [5, 5.41) is 8.03. The van der Waals surface area contributed by atoms with Gasteiger partial charge in [0, 0.05) is 41.7 Å². The number of hydrogen-bond donors (Lipinski definition) is 2. The lowest BCUT2D eigenvalue weighted by Gasteiger charge is -2.30. The van der Waals surface area contributed by atoms with E-state index in [-0.39, 0.29) is 11.3 Å². The standard InChI is InChI=1S/C27H23Cl2F2N5O/c1-14-4-3-5-15(2)25(14)36-26(17-11-21(31)23(12-20(17)30)33-27(32)37)18-13-35(9-8-22(18)34-36)24-7-6-16(28)10-19(24)29/h3-7,10-12H,8-9,13H2,1-2H3,(H3,32,33,37). The van der Waals surface area contributed by atoms with Gasteiger partial charge in [0.15, 0.2) is 0 Å². The molecule has 3 N–H and O–H groups in total. The van der Waals surface area contributed by atoms with E-state index in [4.69, 9.17) is 34.0 Å². The molecule has 3 aromatic carbocycles. The summed E-state index contributed by atoms with van der Waals surface area (Å²) < 4.78 is 32.3. The summed E-state index contributed by atoms with van der Waals surface area (Å²) in [6.45, 7) is 4.90. The first-order valence-corrected chi connectivity index (χ1v) is 12.3. The lowest BCUT2D eigenvalue weighted by atomic mass is 9.99. The van der Waals surface area contributed by atoms with Crippen molar-refractivity contribution in [2.45, 2.75) is 26.8 Å². The molecule has 1 aliphatic heterocycles. The van der Waals surface area contributed by atoms with Crippen LogP contribution in [-0.2, 0) is 13.0 Å². The summed E-state index contributed by atoms with van der Waals surface area (Å²) in [6.07, 6.45) is 0.574. The second-order valence-electron chi connectivity index (χ2n) is 8.99. The number of amides is 2. The van der Waals surface area contributed by atoms with Crippen molar-refractivity contribution in [1.82, 2.24) is 9.78 Å². The van der Waals surface area contributed by atoms with E-state index in [1.807, 2.05) is 38.1 Å². The molecule has 0 aliphatic carbocycles. The molecular formula is C27H23Cl2F2N5O. The average molecular weight is 542 g/mol. The van der Waals surface area contributed by atoms with Gasteiger partial charge in [0.1, 0.15) is 11.6 Å². The number of carbonyl (C=O) groups excluding carboxylic acids is 1. The Bertz CT molecular complexity index is 1530. The van der Waals surface area contributed by atoms with Gasteiger partial charge >= 0.3 is 6.03 Å². The number of aryl methyl sites for hydroxylation is 2. The number of nitrogens with zero attached hydrogens (tertiary/aromatic N) is 3. The molecule has 5 rings (SSSR count). The van der Waals surface area contributed by atoms with E-state index in [0.29, 0.717) is 35.2 Å². The number of urea groups is 1. The molecule has 1 aromatic heterocycles. The molecule has 0 bridgehead atoms. The molecule has 37 heavy (non-hydrogen) atoms. The van der Waals surface area contributed by atoms with Crippen molar-refractivity contribution in [1.29, 1.82) is 0 Å². The smallest absolute Gasteiger partial charge is 0.316 e. The highest BCUT2D eigenvalue weighted by molar-refractivity contribution is 6.36. The lowest BCUT2D eigenvalue weighted by molar-refractivity contribution is 0.259. The molecule has 0 unspecified atom stereocenters. The Morgan fingerprint density at radius 1 is 1.05 bits per heavy atom. The first-order chi connectivity index (χ1) is 17.6. The lowest BCUT2D eigenvalue weighted by Crippen LogP contribution is -2.30. The van der Waals surface area contributed by atoms with Crippen LogP contribution in [0.25, 0.3) is 16.9 Å². The number of benzene rings is 3. The van der Waals surface area contributed by atoms with Crippen LogP contribution in [0, 0.1) is 25.5 Å². The fourth-order valence-corrected chi connectivity index (χ4v) is 5.38. The normalized spacial score (nSPS) is 13.0. The third-order valence-corrected chi connectivity index (χ3v) is 7.04. The van der Waals surface area contributed by atoms with E-state index in [2.05, 4.69) is 10.2 Å². The number of nitrogens with two attached hydrogens (primary N) is 1. The first kappa shape index (κ1) is 25.0. The molecule has 1 aliphatic rings. The largest absolute Gasteiger partial charge is 0.365 e. The molecule has 2 amide bonds. The maximum atomic E-state index is 15.6. The third-order valence-electron chi connectivity index (χ3n) is 6.51. The number of nitrogens with one attached hydrogen (secondary N) is 1. The Balaban J connectivity index is 1.72. The summed E-state index contributed by atoms with van der Waals surface area (Å²) in [5.74, 6) is -1.53. The minimum Gasteiger partial charge on any atom is -0.365 e. The Hall–Kier alpha value is -3.62. The Morgan fingerprint density at radius 3 is 2.46 bits per heavy atom. The number of para-hydroxylation sites is 1. The summed E-state index contributed by atoms with van der Waals surface area (Å²) in [4.78, 5) is 13.3. The molecule has 4 aromatic rings. The van der Waals surface area contributed by atoms with Gasteiger partial charge in [0.2, 0.25) is 0 Å². The van der Waals surface area contributed by atoms with Crippen molar-refractivity contribution >= 4 is 40.6 Å². The minimum absolute atomic E-state index is 0.0213. The molecule has 0 atom stereocenters. The van der Waals surface area contributed by atoms with Gasteiger partial charge in [-0.2, -0.15) is 5.10 Å². The topological polar surface area (TPSA) is 76.2 Å². The van der Waals surface area contributed by atoms with Crippen LogP contribution in [0.15, 0.2) is 48.5 Å². The van der Waals surface area contributed by atoms with Crippen LogP contribution in [0.4, 0.5) is 25.0 Å². The molecule has 0 saturated heterocycles. The van der Waals surface area contributed by atoms with Crippen LogP contribution in [0.3, 0.4) is 0 Å². The third kappa shape index (κ3) is 4.63. The number of rotatable bonds is 4. The van der Waals surface area contributed by atoms with Crippen LogP contribution >= 0.6 is 23.2 Å². The van der Waals surface area contributed by atoms with Crippen molar-refractivity contribution in [3.05, 3.63) is 92.6 Å². The molecule has 2 heterocycles. The van der Waals surface area contributed by atoms with Gasteiger partial charge < -0.3 is 16.0 Å². The Labute approximate surface area is 222 Å². The Kier molecular flexibility index (Phi) is 6.56. The number of primary amides is 1. The summed E-state index contributed by atoms with van der Waals surface area (Å²) in [7, 11) is 0. The highest BCUT2D eigenvalue weighted by Gasteiger charge is 2.30. The highest BCUT2D eigenvalue weighted by Crippen LogP contribution is 2.39. The Morgan fingerprint density at radius 2 is 1.78 bits per heavy atom. The zero-order valence-electron chi connectivity index (χ0n) is 20.1. The van der Waals surface area contributed by atoms with Crippen LogP contribution in [0.1, 0.15) is 22.4 Å². The van der Waals surface area contributed by atoms with Gasteiger partial charge in [0.25, 0.3) is 0 Å². The second-order valence-corrected chi connectivity index (χ2v) is 9.84. The van der Waals surface area contributed by atoms with Crippen molar-refractivity contribution in [2.24, 2.45) is 5.73 Å². The molecule has 6 nitrogen and oxygen atoms in total. The number of halogens is 4. The van der Waals surface area contributed by atoms with Gasteiger partial charge in [-0.25, -0.2) is 18.3 Å². The molecule has 0 spiro atoms. The SMILES string of the molecule is Cc1cccc(C)c1-n1nc2c(c1-c1cc(F)c(NC(N)=O)cc1F)CN(c1ccc(Cl)cc1Cl)CC2. The van der Waals surface area contributed by atoms with Crippen LogP contribution in [0.2, 0.25) is 10.0 Å². The maximum absolute atomic E-state index is 15.6. The van der Waals surface area contributed by atoms with Crippen LogP contribution in [-0.4, -0.2) is 22.4 Å². The monoisotopic (exact) mass is 541 g/mol.